The fraction of sp³-hybridized carbons (Fsp3) is 0.750. The largest absolute Gasteiger partial charge is 0.378 e. The quantitative estimate of drug-likeness (QED) is 0.562. The van der Waals surface area contributed by atoms with Crippen molar-refractivity contribution < 1.29 is 4.57 Å². The van der Waals surface area contributed by atoms with Gasteiger partial charge in [-0.2, -0.15) is 0 Å². The molecule has 3 aliphatic rings. The molecule has 1 atom stereocenters. The molecule has 0 amide bonds. The van der Waals surface area contributed by atoms with E-state index < -0.39 is 7.44 Å². The SMILES string of the molecule is CN(C)c1ccc(C(N2CCCCC2)P(=O)(N2CCCCC2)N2CCCCC2)cc1. The Hall–Kier alpha value is -0.870. The first kappa shape index (κ1) is 22.3. The van der Waals surface area contributed by atoms with Gasteiger partial charge in [-0.25, -0.2) is 9.34 Å². The monoisotopic (exact) mass is 432 g/mol. The molecule has 0 saturated carbocycles. The topological polar surface area (TPSA) is 30.0 Å². The summed E-state index contributed by atoms with van der Waals surface area (Å²) < 4.78 is 20.2. The number of nitrogens with zero attached hydrogens (tertiary/aromatic N) is 4. The smallest absolute Gasteiger partial charge is 0.237 e. The van der Waals surface area contributed by atoms with Crippen LogP contribution < -0.4 is 4.90 Å². The number of anilines is 1. The third-order valence-electron chi connectivity index (χ3n) is 7.24. The lowest BCUT2D eigenvalue weighted by atomic mass is 10.1. The van der Waals surface area contributed by atoms with Crippen LogP contribution in [0.15, 0.2) is 24.3 Å². The molecule has 168 valence electrons. The molecule has 1 aromatic rings. The van der Waals surface area contributed by atoms with E-state index in [1.54, 1.807) is 0 Å². The molecule has 0 aliphatic carbocycles. The Balaban J connectivity index is 1.76. The summed E-state index contributed by atoms with van der Waals surface area (Å²) in [5.74, 6) is 0.00483. The number of hydrogen-bond acceptors (Lipinski definition) is 3. The van der Waals surface area contributed by atoms with Crippen LogP contribution >= 0.6 is 7.44 Å². The van der Waals surface area contributed by atoms with Crippen molar-refractivity contribution in [1.82, 2.24) is 14.2 Å². The summed E-state index contributed by atoms with van der Waals surface area (Å²) in [6, 6.07) is 8.94. The average molecular weight is 433 g/mol. The van der Waals surface area contributed by atoms with Gasteiger partial charge in [-0.15, -0.1) is 0 Å². The van der Waals surface area contributed by atoms with Crippen molar-refractivity contribution in [3.05, 3.63) is 29.8 Å². The van der Waals surface area contributed by atoms with Crippen LogP contribution in [0.2, 0.25) is 0 Å². The normalized spacial score (nSPS) is 23.9. The number of hydrogen-bond donors (Lipinski definition) is 0. The van der Waals surface area contributed by atoms with Crippen LogP contribution in [0.25, 0.3) is 0 Å². The van der Waals surface area contributed by atoms with Gasteiger partial charge >= 0.3 is 0 Å². The van der Waals surface area contributed by atoms with E-state index in [4.69, 9.17) is 0 Å². The molecule has 1 aromatic carbocycles. The molecule has 0 bridgehead atoms. The van der Waals surface area contributed by atoms with Gasteiger partial charge in [0.2, 0.25) is 7.44 Å². The standard InChI is InChI=1S/C24H41N4OP/c1-25(2)23-14-12-22(13-15-23)24(26-16-6-3-7-17-26)30(29,27-18-8-4-9-19-27)28-20-10-5-11-21-28/h12-15,24H,3-11,16-21H2,1-2H3. The lowest BCUT2D eigenvalue weighted by molar-refractivity contribution is 0.178. The molecule has 6 heteroatoms. The molecule has 3 heterocycles. The zero-order valence-electron chi connectivity index (χ0n) is 19.1. The maximum atomic E-state index is 15.3. The van der Waals surface area contributed by atoms with Gasteiger partial charge in [0.15, 0.2) is 0 Å². The van der Waals surface area contributed by atoms with Crippen molar-refractivity contribution >= 4 is 13.1 Å². The predicted octanol–water partition coefficient (Wildman–Crippen LogP) is 5.40. The van der Waals surface area contributed by atoms with Crippen molar-refractivity contribution in [2.45, 2.75) is 63.6 Å². The zero-order valence-corrected chi connectivity index (χ0v) is 20.0. The third kappa shape index (κ3) is 4.65. The first-order valence-electron chi connectivity index (χ1n) is 12.2. The molecular weight excluding hydrogens is 391 g/mol. The highest BCUT2D eigenvalue weighted by Crippen LogP contribution is 2.66. The fourth-order valence-corrected chi connectivity index (χ4v) is 9.45. The minimum atomic E-state index is -2.73. The lowest BCUT2D eigenvalue weighted by Gasteiger charge is -2.49. The van der Waals surface area contributed by atoms with Crippen molar-refractivity contribution in [1.29, 1.82) is 0 Å². The van der Waals surface area contributed by atoms with E-state index in [2.05, 4.69) is 57.5 Å². The van der Waals surface area contributed by atoms with E-state index in [-0.39, 0.29) is 5.78 Å². The van der Waals surface area contributed by atoms with Crippen molar-refractivity contribution in [2.75, 3.05) is 58.3 Å². The van der Waals surface area contributed by atoms with Gasteiger partial charge in [0.25, 0.3) is 0 Å². The molecule has 0 spiro atoms. The Morgan fingerprint density at radius 2 is 1.13 bits per heavy atom. The van der Waals surface area contributed by atoms with E-state index in [0.717, 1.165) is 39.3 Å². The highest BCUT2D eigenvalue weighted by atomic mass is 31.2. The lowest BCUT2D eigenvalue weighted by Crippen LogP contribution is -2.45. The molecule has 5 nitrogen and oxygen atoms in total. The predicted molar refractivity (Wildman–Crippen MR) is 127 cm³/mol. The number of likely N-dealkylation sites (tertiary alicyclic amines) is 1. The number of benzene rings is 1. The van der Waals surface area contributed by atoms with E-state index >= 15 is 4.57 Å². The molecule has 30 heavy (non-hydrogen) atoms. The molecular formula is C24H41N4OP. The molecule has 3 aliphatic heterocycles. The van der Waals surface area contributed by atoms with Gasteiger partial charge in [-0.1, -0.05) is 31.4 Å². The molecule has 0 radical (unpaired) electrons. The Bertz CT molecular complexity index is 682. The van der Waals surface area contributed by atoms with Gasteiger partial charge in [-0.3, -0.25) is 9.46 Å². The minimum absolute atomic E-state index is 0.00483. The molecule has 0 aromatic heterocycles. The Kier molecular flexibility index (Phi) is 7.57. The molecule has 3 fully saturated rings. The summed E-state index contributed by atoms with van der Waals surface area (Å²) in [6.45, 7) is 6.13. The first-order chi connectivity index (χ1) is 14.6. The number of piperidine rings is 3. The fourth-order valence-electron chi connectivity index (χ4n) is 5.54. The molecule has 0 N–H and O–H groups in total. The van der Waals surface area contributed by atoms with Crippen LogP contribution in [0, 0.1) is 0 Å². The summed E-state index contributed by atoms with van der Waals surface area (Å²) in [5, 5.41) is 0. The summed E-state index contributed by atoms with van der Waals surface area (Å²) in [6.07, 6.45) is 11.1. The zero-order chi connectivity index (χ0) is 21.0. The van der Waals surface area contributed by atoms with Gasteiger partial charge in [0.05, 0.1) is 0 Å². The average Bonchev–Trinajstić information content (AvgIpc) is 2.81. The highest BCUT2D eigenvalue weighted by molar-refractivity contribution is 7.59. The first-order valence-corrected chi connectivity index (χ1v) is 13.9. The van der Waals surface area contributed by atoms with Gasteiger partial charge in [0.1, 0.15) is 5.78 Å². The van der Waals surface area contributed by atoms with E-state index in [9.17, 15) is 0 Å². The molecule has 3 saturated heterocycles. The maximum absolute atomic E-state index is 15.3. The van der Waals surface area contributed by atoms with Gasteiger partial charge in [-0.05, 0) is 69.3 Å². The summed E-state index contributed by atoms with van der Waals surface area (Å²) in [5.41, 5.74) is 2.46. The third-order valence-corrected chi connectivity index (χ3v) is 10.9. The second kappa shape index (κ2) is 10.2. The van der Waals surface area contributed by atoms with E-state index in [1.807, 2.05) is 0 Å². The van der Waals surface area contributed by atoms with Gasteiger partial charge < -0.3 is 4.90 Å². The van der Waals surface area contributed by atoms with Crippen LogP contribution in [0.3, 0.4) is 0 Å². The van der Waals surface area contributed by atoms with Crippen LogP contribution in [-0.4, -0.2) is 67.6 Å². The van der Waals surface area contributed by atoms with Crippen molar-refractivity contribution in [3.8, 4) is 0 Å². The van der Waals surface area contributed by atoms with Crippen LogP contribution in [0.4, 0.5) is 5.69 Å². The van der Waals surface area contributed by atoms with Gasteiger partial charge in [0, 0.05) is 46.0 Å². The van der Waals surface area contributed by atoms with E-state index in [0.29, 0.717) is 0 Å². The maximum Gasteiger partial charge on any atom is 0.237 e. The minimum Gasteiger partial charge on any atom is -0.378 e. The van der Waals surface area contributed by atoms with Crippen LogP contribution in [-0.2, 0) is 4.57 Å². The number of rotatable bonds is 6. The summed E-state index contributed by atoms with van der Waals surface area (Å²) in [4.78, 5) is 4.73. The van der Waals surface area contributed by atoms with E-state index in [1.165, 1.54) is 69.0 Å². The van der Waals surface area contributed by atoms with Crippen molar-refractivity contribution in [2.24, 2.45) is 0 Å². The molecule has 4 rings (SSSR count). The molecule has 1 unspecified atom stereocenters. The van der Waals surface area contributed by atoms with Crippen LogP contribution in [0.1, 0.15) is 69.1 Å². The second-order valence-corrected chi connectivity index (χ2v) is 12.4. The second-order valence-electron chi connectivity index (χ2n) is 9.57. The Morgan fingerprint density at radius 3 is 1.57 bits per heavy atom. The summed E-state index contributed by atoms with van der Waals surface area (Å²) in [7, 11) is 1.44. The highest BCUT2D eigenvalue weighted by Gasteiger charge is 2.48. The van der Waals surface area contributed by atoms with Crippen molar-refractivity contribution in [3.63, 3.8) is 0 Å². The van der Waals surface area contributed by atoms with Crippen LogP contribution in [0.5, 0.6) is 0 Å². The Morgan fingerprint density at radius 1 is 0.700 bits per heavy atom. The Labute approximate surface area is 183 Å². The summed E-state index contributed by atoms with van der Waals surface area (Å²) >= 11 is 0.